The zero-order valence-corrected chi connectivity index (χ0v) is 15.0. The van der Waals surface area contributed by atoms with E-state index in [-0.39, 0.29) is 17.7 Å². The van der Waals surface area contributed by atoms with Crippen molar-refractivity contribution >= 4 is 11.8 Å². The molecule has 1 aromatic carbocycles. The Labute approximate surface area is 144 Å². The van der Waals surface area contributed by atoms with Crippen LogP contribution in [-0.2, 0) is 9.59 Å². The summed E-state index contributed by atoms with van der Waals surface area (Å²) in [5.74, 6) is 0.746. The first-order valence-corrected chi connectivity index (χ1v) is 8.65. The van der Waals surface area contributed by atoms with Crippen molar-refractivity contribution in [1.82, 2.24) is 4.90 Å². The van der Waals surface area contributed by atoms with Crippen molar-refractivity contribution in [3.63, 3.8) is 0 Å². The van der Waals surface area contributed by atoms with Crippen molar-refractivity contribution in [3.8, 4) is 5.75 Å². The number of amides is 2. The molecule has 0 spiro atoms. The lowest BCUT2D eigenvalue weighted by atomic mass is 9.96. The molecule has 0 aliphatic carbocycles. The van der Waals surface area contributed by atoms with Crippen LogP contribution in [0, 0.1) is 12.8 Å². The highest BCUT2D eigenvalue weighted by molar-refractivity contribution is 5.82. The molecule has 0 saturated carbocycles. The molecule has 1 unspecified atom stereocenters. The highest BCUT2D eigenvalue weighted by Gasteiger charge is 2.29. The second kappa shape index (κ2) is 7.69. The third-order valence-electron chi connectivity index (χ3n) is 4.74. The van der Waals surface area contributed by atoms with Crippen LogP contribution >= 0.6 is 0 Å². The highest BCUT2D eigenvalue weighted by Crippen LogP contribution is 2.26. The number of carbonyl (C=O) groups is 2. The maximum Gasteiger partial charge on any atom is 0.263 e. The number of hydrogen-bond acceptors (Lipinski definition) is 3. The molecule has 1 saturated heterocycles. The smallest absolute Gasteiger partial charge is 0.263 e. The van der Waals surface area contributed by atoms with Crippen LogP contribution in [0.25, 0.3) is 0 Å². The average molecular weight is 332 g/mol. The first kappa shape index (κ1) is 18.3. The Morgan fingerprint density at radius 3 is 2.38 bits per heavy atom. The van der Waals surface area contributed by atoms with Crippen molar-refractivity contribution < 1.29 is 14.3 Å². The molecule has 1 fully saturated rings. The summed E-state index contributed by atoms with van der Waals surface area (Å²) < 4.78 is 5.94. The summed E-state index contributed by atoms with van der Waals surface area (Å²) in [5, 5.41) is 0. The maximum absolute atomic E-state index is 12.6. The molecule has 1 aromatic rings. The average Bonchev–Trinajstić information content (AvgIpc) is 2.55. The maximum atomic E-state index is 12.6. The Bertz CT molecular complexity index is 605. The monoisotopic (exact) mass is 332 g/mol. The summed E-state index contributed by atoms with van der Waals surface area (Å²) in [6.07, 6.45) is 0.724. The summed E-state index contributed by atoms with van der Waals surface area (Å²) >= 11 is 0. The molecule has 0 aromatic heterocycles. The van der Waals surface area contributed by atoms with Crippen molar-refractivity contribution in [1.29, 1.82) is 0 Å². The van der Waals surface area contributed by atoms with E-state index >= 15 is 0 Å². The van der Waals surface area contributed by atoms with E-state index in [9.17, 15) is 9.59 Å². The number of benzene rings is 1. The first-order chi connectivity index (χ1) is 11.3. The summed E-state index contributed by atoms with van der Waals surface area (Å²) in [5.41, 5.74) is 7.55. The number of ether oxygens (including phenoxy) is 1. The fraction of sp³-hybridized carbons (Fsp3) is 0.579. The van der Waals surface area contributed by atoms with Crippen molar-refractivity contribution in [2.45, 2.75) is 52.6 Å². The number of nitrogens with two attached hydrogens (primary N) is 1. The predicted molar refractivity (Wildman–Crippen MR) is 93.9 cm³/mol. The van der Waals surface area contributed by atoms with E-state index in [1.165, 1.54) is 5.56 Å². The molecule has 0 radical (unpaired) electrons. The van der Waals surface area contributed by atoms with Crippen LogP contribution < -0.4 is 10.5 Å². The Hall–Kier alpha value is -2.04. The van der Waals surface area contributed by atoms with Gasteiger partial charge in [0.1, 0.15) is 5.75 Å². The van der Waals surface area contributed by atoms with Crippen LogP contribution in [0.1, 0.15) is 50.7 Å². The van der Waals surface area contributed by atoms with Crippen LogP contribution in [0.4, 0.5) is 0 Å². The first-order valence-electron chi connectivity index (χ1n) is 8.65. The minimum atomic E-state index is -0.545. The molecule has 2 N–H and O–H groups in total. The van der Waals surface area contributed by atoms with Crippen LogP contribution in [-0.4, -0.2) is 35.9 Å². The van der Waals surface area contributed by atoms with Crippen molar-refractivity contribution in [3.05, 3.63) is 29.3 Å². The number of nitrogens with zero attached hydrogens (tertiary/aromatic N) is 1. The molecular weight excluding hydrogens is 304 g/mol. The highest BCUT2D eigenvalue weighted by atomic mass is 16.5. The van der Waals surface area contributed by atoms with Crippen LogP contribution in [0.3, 0.4) is 0 Å². The fourth-order valence-electron chi connectivity index (χ4n) is 2.99. The SMILES string of the molecule is Cc1ccc(C(C)C)cc1OC(C)C(=O)N1CCC(C(N)=O)CC1. The van der Waals surface area contributed by atoms with Gasteiger partial charge < -0.3 is 15.4 Å². The largest absolute Gasteiger partial charge is 0.481 e. The topological polar surface area (TPSA) is 72.6 Å². The second-order valence-electron chi connectivity index (χ2n) is 6.94. The van der Waals surface area contributed by atoms with Crippen LogP contribution in [0.15, 0.2) is 18.2 Å². The zero-order valence-electron chi connectivity index (χ0n) is 15.0. The van der Waals surface area contributed by atoms with E-state index in [0.29, 0.717) is 31.8 Å². The third kappa shape index (κ3) is 4.28. The minimum Gasteiger partial charge on any atom is -0.481 e. The zero-order chi connectivity index (χ0) is 17.9. The predicted octanol–water partition coefficient (Wildman–Crippen LogP) is 2.61. The summed E-state index contributed by atoms with van der Waals surface area (Å²) in [7, 11) is 0. The number of likely N-dealkylation sites (tertiary alicyclic amines) is 1. The molecule has 5 nitrogen and oxygen atoms in total. The van der Waals surface area contributed by atoms with Gasteiger partial charge in [-0.1, -0.05) is 26.0 Å². The van der Waals surface area contributed by atoms with Gasteiger partial charge in [-0.15, -0.1) is 0 Å². The van der Waals surface area contributed by atoms with Gasteiger partial charge in [-0.3, -0.25) is 9.59 Å². The second-order valence-corrected chi connectivity index (χ2v) is 6.94. The number of carbonyl (C=O) groups excluding carboxylic acids is 2. The third-order valence-corrected chi connectivity index (χ3v) is 4.74. The van der Waals surface area contributed by atoms with E-state index < -0.39 is 6.10 Å². The lowest BCUT2D eigenvalue weighted by Crippen LogP contribution is -2.46. The molecule has 2 amide bonds. The van der Waals surface area contributed by atoms with E-state index in [1.807, 2.05) is 19.1 Å². The number of aryl methyl sites for hydroxylation is 1. The van der Waals surface area contributed by atoms with Crippen molar-refractivity contribution in [2.75, 3.05) is 13.1 Å². The van der Waals surface area contributed by atoms with Gasteiger partial charge in [0.25, 0.3) is 5.91 Å². The quantitative estimate of drug-likeness (QED) is 0.901. The molecule has 1 atom stereocenters. The lowest BCUT2D eigenvalue weighted by Gasteiger charge is -2.32. The summed E-state index contributed by atoms with van der Waals surface area (Å²) in [6.45, 7) is 9.15. The van der Waals surface area contributed by atoms with Gasteiger partial charge >= 0.3 is 0 Å². The molecule has 2 rings (SSSR count). The Balaban J connectivity index is 2.00. The van der Waals surface area contributed by atoms with Gasteiger partial charge in [0.15, 0.2) is 6.10 Å². The summed E-state index contributed by atoms with van der Waals surface area (Å²) in [6, 6.07) is 6.14. The Kier molecular flexibility index (Phi) is 5.86. The van der Waals surface area contributed by atoms with Gasteiger partial charge in [0.2, 0.25) is 5.91 Å². The lowest BCUT2D eigenvalue weighted by molar-refractivity contribution is -0.140. The molecule has 0 bridgehead atoms. The minimum absolute atomic E-state index is 0.0349. The molecule has 1 aliphatic rings. The molecule has 1 aliphatic heterocycles. The van der Waals surface area contributed by atoms with Gasteiger partial charge in [0.05, 0.1) is 0 Å². The van der Waals surface area contributed by atoms with E-state index in [0.717, 1.165) is 11.3 Å². The van der Waals surface area contributed by atoms with Crippen molar-refractivity contribution in [2.24, 2.45) is 11.7 Å². The van der Waals surface area contributed by atoms with Gasteiger partial charge in [-0.2, -0.15) is 0 Å². The number of rotatable bonds is 5. The molecule has 1 heterocycles. The van der Waals surface area contributed by atoms with E-state index in [4.69, 9.17) is 10.5 Å². The van der Waals surface area contributed by atoms with Gasteiger partial charge in [-0.25, -0.2) is 0 Å². The molecular formula is C19H28N2O3. The summed E-state index contributed by atoms with van der Waals surface area (Å²) in [4.78, 5) is 25.6. The fourth-order valence-corrected chi connectivity index (χ4v) is 2.99. The Morgan fingerprint density at radius 1 is 1.21 bits per heavy atom. The number of hydrogen-bond donors (Lipinski definition) is 1. The Morgan fingerprint density at radius 2 is 1.83 bits per heavy atom. The van der Waals surface area contributed by atoms with E-state index in [1.54, 1.807) is 11.8 Å². The van der Waals surface area contributed by atoms with Gasteiger partial charge in [0, 0.05) is 19.0 Å². The number of piperidine rings is 1. The van der Waals surface area contributed by atoms with Gasteiger partial charge in [-0.05, 0) is 49.8 Å². The number of primary amides is 1. The molecule has 132 valence electrons. The molecule has 5 heteroatoms. The van der Waals surface area contributed by atoms with Crippen LogP contribution in [0.2, 0.25) is 0 Å². The normalized spacial score (nSPS) is 17.0. The van der Waals surface area contributed by atoms with E-state index in [2.05, 4.69) is 19.9 Å². The standard InChI is InChI=1S/C19H28N2O3/c1-12(2)16-6-5-13(3)17(11-16)24-14(4)19(23)21-9-7-15(8-10-21)18(20)22/h5-6,11-12,14-15H,7-10H2,1-4H3,(H2,20,22). The van der Waals surface area contributed by atoms with Crippen LogP contribution in [0.5, 0.6) is 5.75 Å². The molecule has 24 heavy (non-hydrogen) atoms.